The number of nitrogens with zero attached hydrogens (tertiary/aromatic N) is 1. The second-order valence-corrected chi connectivity index (χ2v) is 7.16. The molecular weight excluding hydrogens is 388 g/mol. The summed E-state index contributed by atoms with van der Waals surface area (Å²) in [5.74, 6) is -3.10. The molecule has 2 amide bonds. The summed E-state index contributed by atoms with van der Waals surface area (Å²) in [5.41, 5.74) is 1.11. The Labute approximate surface area is 166 Å². The number of nitrogens with one attached hydrogen (secondary N) is 2. The quantitative estimate of drug-likeness (QED) is 0.774. The van der Waals surface area contributed by atoms with Gasteiger partial charge in [-0.15, -0.1) is 0 Å². The van der Waals surface area contributed by atoms with Crippen molar-refractivity contribution in [1.82, 2.24) is 15.5 Å². The van der Waals surface area contributed by atoms with Gasteiger partial charge in [0.1, 0.15) is 0 Å². The van der Waals surface area contributed by atoms with Crippen molar-refractivity contribution >= 4 is 23.4 Å². The van der Waals surface area contributed by atoms with Gasteiger partial charge in [0.05, 0.1) is 6.54 Å². The average Bonchev–Trinajstić information content (AvgIpc) is 3.10. The number of benzene rings is 2. The van der Waals surface area contributed by atoms with E-state index < -0.39 is 17.5 Å². The molecule has 1 unspecified atom stereocenters. The maximum Gasteiger partial charge on any atom is 0.251 e. The standard InChI is InChI=1S/C20H20ClF2N3O2/c21-15-4-1-13(2-5-15)11-26-8-7-16(12-26)25-19(27)10-24-20(28)14-3-6-17(22)18(23)9-14/h1-6,9,16H,7-8,10-12H2,(H,24,28)(H,25,27). The number of halogens is 3. The van der Waals surface area contributed by atoms with E-state index in [2.05, 4.69) is 15.5 Å². The fraction of sp³-hybridized carbons (Fsp3) is 0.300. The molecule has 0 spiro atoms. The summed E-state index contributed by atoms with van der Waals surface area (Å²) >= 11 is 5.89. The fourth-order valence-corrected chi connectivity index (χ4v) is 3.25. The van der Waals surface area contributed by atoms with E-state index in [0.717, 1.165) is 43.3 Å². The predicted octanol–water partition coefficient (Wildman–Crippen LogP) is 2.74. The number of amides is 2. The van der Waals surface area contributed by atoms with E-state index in [0.29, 0.717) is 11.6 Å². The van der Waals surface area contributed by atoms with Gasteiger partial charge in [-0.3, -0.25) is 14.5 Å². The van der Waals surface area contributed by atoms with Crippen LogP contribution < -0.4 is 10.6 Å². The summed E-state index contributed by atoms with van der Waals surface area (Å²) < 4.78 is 26.1. The van der Waals surface area contributed by atoms with Gasteiger partial charge in [0.15, 0.2) is 11.6 Å². The molecule has 1 saturated heterocycles. The molecule has 5 nitrogen and oxygen atoms in total. The highest BCUT2D eigenvalue weighted by Crippen LogP contribution is 2.16. The number of hydrogen-bond acceptors (Lipinski definition) is 3. The van der Waals surface area contributed by atoms with Crippen molar-refractivity contribution in [3.8, 4) is 0 Å². The van der Waals surface area contributed by atoms with Crippen LogP contribution in [0.2, 0.25) is 5.02 Å². The van der Waals surface area contributed by atoms with Crippen molar-refractivity contribution in [1.29, 1.82) is 0 Å². The third-order valence-corrected chi connectivity index (χ3v) is 4.80. The summed E-state index contributed by atoms with van der Waals surface area (Å²) in [6, 6.07) is 10.5. The molecule has 148 valence electrons. The van der Waals surface area contributed by atoms with Crippen LogP contribution in [0.4, 0.5) is 8.78 Å². The van der Waals surface area contributed by atoms with Crippen LogP contribution in [-0.2, 0) is 11.3 Å². The van der Waals surface area contributed by atoms with Crippen molar-refractivity contribution in [3.63, 3.8) is 0 Å². The van der Waals surface area contributed by atoms with Gasteiger partial charge in [0.2, 0.25) is 5.91 Å². The van der Waals surface area contributed by atoms with Crippen LogP contribution in [0.3, 0.4) is 0 Å². The Balaban J connectivity index is 1.42. The van der Waals surface area contributed by atoms with Crippen molar-refractivity contribution in [3.05, 3.63) is 70.2 Å². The van der Waals surface area contributed by atoms with E-state index in [1.54, 1.807) is 0 Å². The van der Waals surface area contributed by atoms with Gasteiger partial charge in [-0.25, -0.2) is 8.78 Å². The molecular formula is C20H20ClF2N3O2. The molecule has 0 aliphatic carbocycles. The number of hydrogen-bond donors (Lipinski definition) is 2. The first-order chi connectivity index (χ1) is 13.4. The highest BCUT2D eigenvalue weighted by Gasteiger charge is 2.24. The van der Waals surface area contributed by atoms with E-state index in [1.807, 2.05) is 24.3 Å². The first kappa shape index (κ1) is 20.2. The molecule has 0 radical (unpaired) electrons. The zero-order valence-electron chi connectivity index (χ0n) is 15.1. The smallest absolute Gasteiger partial charge is 0.251 e. The molecule has 8 heteroatoms. The maximum absolute atomic E-state index is 13.2. The summed E-state index contributed by atoms with van der Waals surface area (Å²) in [6.07, 6.45) is 0.816. The zero-order chi connectivity index (χ0) is 20.1. The van der Waals surface area contributed by atoms with Gasteiger partial charge in [0.25, 0.3) is 5.91 Å². The predicted molar refractivity (Wildman–Crippen MR) is 102 cm³/mol. The summed E-state index contributed by atoms with van der Waals surface area (Å²) in [6.45, 7) is 2.11. The van der Waals surface area contributed by atoms with Crippen LogP contribution in [0.1, 0.15) is 22.3 Å². The van der Waals surface area contributed by atoms with Crippen molar-refractivity contribution in [2.24, 2.45) is 0 Å². The molecule has 28 heavy (non-hydrogen) atoms. The van der Waals surface area contributed by atoms with Crippen LogP contribution >= 0.6 is 11.6 Å². The van der Waals surface area contributed by atoms with Crippen molar-refractivity contribution < 1.29 is 18.4 Å². The number of rotatable bonds is 6. The van der Waals surface area contributed by atoms with Crippen LogP contribution in [0, 0.1) is 11.6 Å². The molecule has 0 aromatic heterocycles. The molecule has 0 saturated carbocycles. The van der Waals surface area contributed by atoms with Crippen LogP contribution in [0.5, 0.6) is 0 Å². The van der Waals surface area contributed by atoms with Gasteiger partial charge < -0.3 is 10.6 Å². The molecule has 1 aliphatic heterocycles. The molecule has 2 N–H and O–H groups in total. The van der Waals surface area contributed by atoms with Gasteiger partial charge in [-0.1, -0.05) is 23.7 Å². The third-order valence-electron chi connectivity index (χ3n) is 4.55. The average molecular weight is 408 g/mol. The number of carbonyl (C=O) groups excluding carboxylic acids is 2. The zero-order valence-corrected chi connectivity index (χ0v) is 15.8. The fourth-order valence-electron chi connectivity index (χ4n) is 3.12. The van der Waals surface area contributed by atoms with Crippen molar-refractivity contribution in [2.45, 2.75) is 19.0 Å². The van der Waals surface area contributed by atoms with E-state index >= 15 is 0 Å². The lowest BCUT2D eigenvalue weighted by Gasteiger charge is -2.17. The minimum Gasteiger partial charge on any atom is -0.350 e. The molecule has 1 heterocycles. The second kappa shape index (κ2) is 9.12. The van der Waals surface area contributed by atoms with Gasteiger partial charge in [0, 0.05) is 36.3 Å². The molecule has 0 bridgehead atoms. The maximum atomic E-state index is 13.2. The van der Waals surface area contributed by atoms with E-state index in [1.165, 1.54) is 0 Å². The van der Waals surface area contributed by atoms with Gasteiger partial charge in [-0.05, 0) is 42.3 Å². The Morgan fingerprint density at radius 1 is 1.11 bits per heavy atom. The molecule has 1 fully saturated rings. The second-order valence-electron chi connectivity index (χ2n) is 6.73. The Morgan fingerprint density at radius 2 is 1.86 bits per heavy atom. The Morgan fingerprint density at radius 3 is 2.57 bits per heavy atom. The van der Waals surface area contributed by atoms with E-state index in [4.69, 9.17) is 11.6 Å². The summed E-state index contributed by atoms with van der Waals surface area (Å²) in [5, 5.41) is 5.99. The third kappa shape index (κ3) is 5.50. The lowest BCUT2D eigenvalue weighted by molar-refractivity contribution is -0.120. The molecule has 1 atom stereocenters. The van der Waals surface area contributed by atoms with Crippen molar-refractivity contribution in [2.75, 3.05) is 19.6 Å². The minimum absolute atomic E-state index is 0.0000298. The lowest BCUT2D eigenvalue weighted by Crippen LogP contribution is -2.43. The molecule has 1 aliphatic rings. The first-order valence-electron chi connectivity index (χ1n) is 8.90. The van der Waals surface area contributed by atoms with Crippen LogP contribution in [-0.4, -0.2) is 42.4 Å². The van der Waals surface area contributed by atoms with Gasteiger partial charge in [-0.2, -0.15) is 0 Å². The van der Waals surface area contributed by atoms with E-state index in [-0.39, 0.29) is 24.1 Å². The highest BCUT2D eigenvalue weighted by atomic mass is 35.5. The van der Waals surface area contributed by atoms with Gasteiger partial charge >= 0.3 is 0 Å². The monoisotopic (exact) mass is 407 g/mol. The summed E-state index contributed by atoms with van der Waals surface area (Å²) in [7, 11) is 0. The Kier molecular flexibility index (Phi) is 6.59. The lowest BCUT2D eigenvalue weighted by atomic mass is 10.2. The first-order valence-corrected chi connectivity index (χ1v) is 9.28. The minimum atomic E-state index is -1.11. The summed E-state index contributed by atoms with van der Waals surface area (Å²) in [4.78, 5) is 26.2. The Hall–Kier alpha value is -2.51. The van der Waals surface area contributed by atoms with Crippen LogP contribution in [0.15, 0.2) is 42.5 Å². The number of likely N-dealkylation sites (tertiary alicyclic amines) is 1. The van der Waals surface area contributed by atoms with Crippen LogP contribution in [0.25, 0.3) is 0 Å². The molecule has 2 aromatic rings. The highest BCUT2D eigenvalue weighted by molar-refractivity contribution is 6.30. The molecule has 3 rings (SSSR count). The SMILES string of the molecule is O=C(CNC(=O)c1ccc(F)c(F)c1)NC1CCN(Cc2ccc(Cl)cc2)C1. The molecule has 2 aromatic carbocycles. The topological polar surface area (TPSA) is 61.4 Å². The normalized spacial score (nSPS) is 16.8. The number of carbonyl (C=O) groups is 2. The largest absolute Gasteiger partial charge is 0.350 e. The Bertz CT molecular complexity index is 861. The van der Waals surface area contributed by atoms with E-state index in [9.17, 15) is 18.4 Å².